The molecule has 0 saturated heterocycles. The van der Waals surface area contributed by atoms with Gasteiger partial charge in [0.25, 0.3) is 0 Å². The van der Waals surface area contributed by atoms with Crippen molar-refractivity contribution in [3.8, 4) is 0 Å². The van der Waals surface area contributed by atoms with E-state index in [1.54, 1.807) is 18.2 Å². The average molecular weight is 526 g/mol. The number of nitrogens with one attached hydrogen (secondary N) is 1. The highest BCUT2D eigenvalue weighted by atomic mass is 35.5. The molecule has 0 aromatic heterocycles. The Bertz CT molecular complexity index is 1260. The second-order valence-corrected chi connectivity index (χ2v) is 10.7. The maximum Gasteiger partial charge on any atom is 0.243 e. The number of halogens is 3. The summed E-state index contributed by atoms with van der Waals surface area (Å²) in [6, 6.07) is 16.4. The lowest BCUT2D eigenvalue weighted by molar-refractivity contribution is -0.116. The number of rotatable bonds is 8. The van der Waals surface area contributed by atoms with Gasteiger partial charge in [-0.05, 0) is 66.4 Å². The highest BCUT2D eigenvalue weighted by Crippen LogP contribution is 2.26. The van der Waals surface area contributed by atoms with Crippen LogP contribution in [0, 0.1) is 6.92 Å². The van der Waals surface area contributed by atoms with E-state index in [-0.39, 0.29) is 18.0 Å². The molecule has 0 heterocycles. The third kappa shape index (κ3) is 6.28. The van der Waals surface area contributed by atoms with E-state index >= 15 is 0 Å². The predicted octanol–water partition coefficient (Wildman–Crippen LogP) is 6.35. The molecule has 174 valence electrons. The van der Waals surface area contributed by atoms with Crippen LogP contribution in [0.3, 0.4) is 0 Å². The molecule has 3 aromatic rings. The normalized spacial score (nSPS) is 11.6. The molecule has 0 spiro atoms. The Morgan fingerprint density at radius 1 is 0.970 bits per heavy atom. The Balaban J connectivity index is 1.93. The number of carbonyl (C=O) groups is 1. The van der Waals surface area contributed by atoms with Crippen LogP contribution in [0.15, 0.2) is 65.6 Å². The van der Waals surface area contributed by atoms with Crippen LogP contribution >= 0.6 is 34.8 Å². The lowest BCUT2D eigenvalue weighted by Gasteiger charge is -2.23. The van der Waals surface area contributed by atoms with Crippen LogP contribution in [0.1, 0.15) is 23.6 Å². The Labute approximate surface area is 209 Å². The van der Waals surface area contributed by atoms with Gasteiger partial charge in [0.15, 0.2) is 0 Å². The molecule has 3 aromatic carbocycles. The summed E-state index contributed by atoms with van der Waals surface area (Å²) in [5.74, 6) is -0.448. The molecule has 5 nitrogen and oxygen atoms in total. The summed E-state index contributed by atoms with van der Waals surface area (Å²) in [6.07, 6.45) is 0.730. The minimum Gasteiger partial charge on any atom is -0.324 e. The number of nitrogens with zero attached hydrogens (tertiary/aromatic N) is 1. The first kappa shape index (κ1) is 25.5. The highest BCUT2D eigenvalue weighted by Gasteiger charge is 2.27. The van der Waals surface area contributed by atoms with Crippen molar-refractivity contribution in [2.45, 2.75) is 31.7 Å². The van der Waals surface area contributed by atoms with Crippen molar-refractivity contribution >= 4 is 56.4 Å². The standard InChI is InChI=1S/C24H23Cl3N2O3S/c1-3-18-6-4-5-16(2)24(18)28-23(30)15-29(14-17-7-12-21(26)22(27)13-17)33(31,32)20-10-8-19(25)9-11-20/h4-13H,3,14-15H2,1-2H3,(H,28,30). The fourth-order valence-electron chi connectivity index (χ4n) is 3.36. The zero-order chi connectivity index (χ0) is 24.2. The van der Waals surface area contributed by atoms with Gasteiger partial charge in [0.2, 0.25) is 15.9 Å². The van der Waals surface area contributed by atoms with Gasteiger partial charge in [-0.15, -0.1) is 0 Å². The molecule has 0 unspecified atom stereocenters. The highest BCUT2D eigenvalue weighted by molar-refractivity contribution is 7.89. The van der Waals surface area contributed by atoms with Crippen LogP contribution in [0.5, 0.6) is 0 Å². The van der Waals surface area contributed by atoms with Gasteiger partial charge in [-0.2, -0.15) is 4.31 Å². The molecular formula is C24H23Cl3N2O3S. The maximum atomic E-state index is 13.4. The fourth-order valence-corrected chi connectivity index (χ4v) is 5.20. The van der Waals surface area contributed by atoms with E-state index in [0.29, 0.717) is 26.3 Å². The summed E-state index contributed by atoms with van der Waals surface area (Å²) in [7, 11) is -4.01. The van der Waals surface area contributed by atoms with Crippen LogP contribution in [0.4, 0.5) is 5.69 Å². The molecule has 0 atom stereocenters. The summed E-state index contributed by atoms with van der Waals surface area (Å²) >= 11 is 18.0. The Kier molecular flexibility index (Phi) is 8.43. The van der Waals surface area contributed by atoms with E-state index in [2.05, 4.69) is 5.32 Å². The van der Waals surface area contributed by atoms with Gasteiger partial charge in [-0.25, -0.2) is 8.42 Å². The van der Waals surface area contributed by atoms with Gasteiger partial charge in [0.1, 0.15) is 0 Å². The lowest BCUT2D eigenvalue weighted by atomic mass is 10.1. The van der Waals surface area contributed by atoms with Gasteiger partial charge in [0, 0.05) is 17.3 Å². The summed E-state index contributed by atoms with van der Waals surface area (Å²) < 4.78 is 27.9. The van der Waals surface area contributed by atoms with Crippen molar-refractivity contribution in [1.29, 1.82) is 0 Å². The SMILES string of the molecule is CCc1cccc(C)c1NC(=O)CN(Cc1ccc(Cl)c(Cl)c1)S(=O)(=O)c1ccc(Cl)cc1. The number of carbonyl (C=O) groups excluding carboxylic acids is 1. The van der Waals surface area contributed by atoms with Crippen molar-refractivity contribution in [1.82, 2.24) is 4.31 Å². The van der Waals surface area contributed by atoms with Crippen molar-refractivity contribution in [2.24, 2.45) is 0 Å². The third-order valence-electron chi connectivity index (χ3n) is 5.12. The smallest absolute Gasteiger partial charge is 0.243 e. The molecule has 1 N–H and O–H groups in total. The monoisotopic (exact) mass is 524 g/mol. The Morgan fingerprint density at radius 3 is 2.30 bits per heavy atom. The van der Waals surface area contributed by atoms with Crippen LogP contribution in [0.25, 0.3) is 0 Å². The van der Waals surface area contributed by atoms with Gasteiger partial charge < -0.3 is 5.32 Å². The number of aryl methyl sites for hydroxylation is 2. The topological polar surface area (TPSA) is 66.5 Å². The first-order valence-corrected chi connectivity index (χ1v) is 12.8. The molecule has 0 fully saturated rings. The lowest BCUT2D eigenvalue weighted by Crippen LogP contribution is -2.37. The van der Waals surface area contributed by atoms with Crippen LogP contribution < -0.4 is 5.32 Å². The summed E-state index contributed by atoms with van der Waals surface area (Å²) in [6.45, 7) is 3.44. The number of hydrogen-bond donors (Lipinski definition) is 1. The molecule has 33 heavy (non-hydrogen) atoms. The van der Waals surface area contributed by atoms with Crippen molar-refractivity contribution in [3.05, 3.63) is 92.4 Å². The predicted molar refractivity (Wildman–Crippen MR) is 135 cm³/mol. The molecule has 3 rings (SSSR count). The minimum absolute atomic E-state index is 0.0323. The number of anilines is 1. The van der Waals surface area contributed by atoms with Crippen LogP contribution in [-0.4, -0.2) is 25.2 Å². The number of sulfonamides is 1. The van der Waals surface area contributed by atoms with E-state index in [4.69, 9.17) is 34.8 Å². The Morgan fingerprint density at radius 2 is 1.67 bits per heavy atom. The van der Waals surface area contributed by atoms with E-state index < -0.39 is 15.9 Å². The molecule has 9 heteroatoms. The van der Waals surface area contributed by atoms with Gasteiger partial charge in [-0.1, -0.05) is 66.0 Å². The first-order valence-electron chi connectivity index (χ1n) is 10.2. The summed E-state index contributed by atoms with van der Waals surface area (Å²) in [5.41, 5.74) is 3.17. The van der Waals surface area contributed by atoms with E-state index in [1.807, 2.05) is 32.0 Å². The Hall–Kier alpha value is -2.09. The number of para-hydroxylation sites is 1. The third-order valence-corrected chi connectivity index (χ3v) is 7.92. The maximum absolute atomic E-state index is 13.4. The number of hydrogen-bond acceptors (Lipinski definition) is 3. The quantitative estimate of drug-likeness (QED) is 0.373. The van der Waals surface area contributed by atoms with Crippen molar-refractivity contribution in [3.63, 3.8) is 0 Å². The van der Waals surface area contributed by atoms with Crippen molar-refractivity contribution in [2.75, 3.05) is 11.9 Å². The first-order chi connectivity index (χ1) is 15.6. The molecule has 0 aliphatic carbocycles. The molecule has 0 bridgehead atoms. The summed E-state index contributed by atoms with van der Waals surface area (Å²) in [5, 5.41) is 3.96. The number of benzene rings is 3. The number of amides is 1. The van der Waals surface area contributed by atoms with E-state index in [0.717, 1.165) is 21.9 Å². The largest absolute Gasteiger partial charge is 0.324 e. The molecular weight excluding hydrogens is 503 g/mol. The van der Waals surface area contributed by atoms with Crippen LogP contribution in [0.2, 0.25) is 15.1 Å². The van der Waals surface area contributed by atoms with E-state index in [1.165, 1.54) is 24.3 Å². The zero-order valence-corrected chi connectivity index (χ0v) is 21.2. The second kappa shape index (κ2) is 10.9. The van der Waals surface area contributed by atoms with Gasteiger partial charge >= 0.3 is 0 Å². The molecule has 0 aliphatic heterocycles. The molecule has 0 saturated carbocycles. The van der Waals surface area contributed by atoms with Gasteiger partial charge in [-0.3, -0.25) is 4.79 Å². The van der Waals surface area contributed by atoms with Crippen LogP contribution in [-0.2, 0) is 27.8 Å². The van der Waals surface area contributed by atoms with Crippen molar-refractivity contribution < 1.29 is 13.2 Å². The average Bonchev–Trinajstić information content (AvgIpc) is 2.77. The second-order valence-electron chi connectivity index (χ2n) is 7.49. The molecule has 0 aliphatic rings. The fraction of sp³-hybridized carbons (Fsp3) is 0.208. The molecule has 1 amide bonds. The zero-order valence-electron chi connectivity index (χ0n) is 18.1. The van der Waals surface area contributed by atoms with Gasteiger partial charge in [0.05, 0.1) is 21.5 Å². The van der Waals surface area contributed by atoms with E-state index in [9.17, 15) is 13.2 Å². The molecule has 0 radical (unpaired) electrons. The minimum atomic E-state index is -4.01. The summed E-state index contributed by atoms with van der Waals surface area (Å²) in [4.78, 5) is 13.0.